The number of piperidine rings is 1. The molecule has 280 valence electrons. The molecule has 1 saturated heterocycles. The average Bonchev–Trinajstić information content (AvgIpc) is 3.46. The molecule has 10 atom stereocenters. The van der Waals surface area contributed by atoms with Gasteiger partial charge in [0.05, 0.1) is 5.41 Å². The van der Waals surface area contributed by atoms with Crippen molar-refractivity contribution < 1.29 is 14.3 Å². The summed E-state index contributed by atoms with van der Waals surface area (Å²) in [5, 5.41) is 14.2. The van der Waals surface area contributed by atoms with Crippen molar-refractivity contribution in [2.45, 2.75) is 144 Å². The van der Waals surface area contributed by atoms with E-state index in [9.17, 15) is 14.3 Å². The monoisotopic (exact) mass is 691 g/mol. The summed E-state index contributed by atoms with van der Waals surface area (Å²) < 4.78 is 14.0. The highest BCUT2D eigenvalue weighted by Gasteiger charge is 2.70. The summed E-state index contributed by atoms with van der Waals surface area (Å²) in [5.74, 6) is 3.27. The number of fused-ring (bicyclic) bond motifs is 7. The molecule has 0 aromatic rings. The van der Waals surface area contributed by atoms with Crippen LogP contribution in [0.15, 0.2) is 35.5 Å². The number of aliphatic carboxylic acids is 1. The van der Waals surface area contributed by atoms with Gasteiger partial charge in [0.15, 0.2) is 0 Å². The Hall–Kier alpha value is -1.46. The first-order chi connectivity index (χ1) is 23.6. The molecular formula is C45H71FN2O2. The number of hydrogen-bond acceptors (Lipinski definition) is 3. The molecule has 1 heterocycles. The number of hydrogen-bond donors (Lipinski definition) is 2. The molecule has 0 unspecified atom stereocenters. The summed E-state index contributed by atoms with van der Waals surface area (Å²) in [6, 6.07) is 0. The molecule has 6 aliphatic carbocycles. The van der Waals surface area contributed by atoms with Gasteiger partial charge in [0.25, 0.3) is 0 Å². The molecule has 50 heavy (non-hydrogen) atoms. The largest absolute Gasteiger partial charge is 0.481 e. The van der Waals surface area contributed by atoms with Gasteiger partial charge in [0, 0.05) is 18.6 Å². The summed E-state index contributed by atoms with van der Waals surface area (Å²) in [4.78, 5) is 14.7. The normalized spacial score (nSPS) is 46.1. The second-order valence-corrected chi connectivity index (χ2v) is 20.5. The van der Waals surface area contributed by atoms with Gasteiger partial charge in [0.2, 0.25) is 0 Å². The fourth-order valence-electron chi connectivity index (χ4n) is 14.9. The molecule has 7 rings (SSSR count). The Labute approximate surface area is 304 Å². The predicted molar refractivity (Wildman–Crippen MR) is 204 cm³/mol. The van der Waals surface area contributed by atoms with Gasteiger partial charge in [-0.2, -0.15) is 0 Å². The molecular weight excluding hydrogens is 620 g/mol. The van der Waals surface area contributed by atoms with Crippen LogP contribution in [0, 0.1) is 62.6 Å². The van der Waals surface area contributed by atoms with Gasteiger partial charge in [-0.3, -0.25) is 4.79 Å². The maximum absolute atomic E-state index is 14.0. The Bertz CT molecular complexity index is 1410. The van der Waals surface area contributed by atoms with Crippen molar-refractivity contribution in [3.8, 4) is 0 Å². The number of alkyl halides is 1. The summed E-state index contributed by atoms with van der Waals surface area (Å²) in [6.07, 6.45) is 20.4. The number of nitrogens with one attached hydrogen (secondary N) is 1. The Morgan fingerprint density at radius 2 is 1.66 bits per heavy atom. The maximum atomic E-state index is 14.0. The van der Waals surface area contributed by atoms with Crippen LogP contribution in [-0.4, -0.2) is 54.4 Å². The first-order valence-electron chi connectivity index (χ1n) is 20.9. The highest BCUT2D eigenvalue weighted by atomic mass is 19.1. The number of allylic oxidation sites excluding steroid dienone is 5. The highest BCUT2D eigenvalue weighted by Crippen LogP contribution is 2.76. The van der Waals surface area contributed by atoms with E-state index in [2.05, 4.69) is 77.4 Å². The van der Waals surface area contributed by atoms with Crippen molar-refractivity contribution in [3.63, 3.8) is 0 Å². The standard InChI is InChI=1S/C45H71FN2O2/c1-30(2)33-13-22-45(47-25-28-48-26-16-31(3)17-27-48)24-23-42(7)35(38(33)45)9-10-37-41(6)18-14-34(40(4,5)36(41)15-19-43(37,42)8)32-11-20-44(29-46,21-12-32)39(49)50/h11,14,31,33,35-38,47H,1,9-10,12-13,15-29H2,2-8H3,(H,49,50)/t33-,35+,36-,37+,38+,41-,42+,43+,44-,45-/m0/s1. The molecule has 0 radical (unpaired) electrons. The zero-order chi connectivity index (χ0) is 35.9. The van der Waals surface area contributed by atoms with Crippen LogP contribution in [-0.2, 0) is 4.79 Å². The number of carboxylic acids is 1. The number of carbonyl (C=O) groups is 1. The van der Waals surface area contributed by atoms with E-state index in [4.69, 9.17) is 0 Å². The molecule has 4 saturated carbocycles. The topological polar surface area (TPSA) is 52.6 Å². The zero-order valence-electron chi connectivity index (χ0n) is 32.9. The number of likely N-dealkylation sites (tertiary alicyclic amines) is 1. The third kappa shape index (κ3) is 5.41. The van der Waals surface area contributed by atoms with Crippen molar-refractivity contribution in [1.29, 1.82) is 0 Å². The van der Waals surface area contributed by atoms with Crippen molar-refractivity contribution in [3.05, 3.63) is 35.5 Å². The minimum absolute atomic E-state index is 0.0192. The van der Waals surface area contributed by atoms with Crippen molar-refractivity contribution in [2.75, 3.05) is 32.9 Å². The molecule has 2 N–H and O–H groups in total. The van der Waals surface area contributed by atoms with E-state index in [1.165, 1.54) is 101 Å². The van der Waals surface area contributed by atoms with Gasteiger partial charge in [-0.05, 0) is 178 Å². The fourth-order valence-corrected chi connectivity index (χ4v) is 14.9. The lowest BCUT2D eigenvalue weighted by Gasteiger charge is -2.72. The molecule has 1 aliphatic heterocycles. The van der Waals surface area contributed by atoms with Crippen LogP contribution < -0.4 is 5.32 Å². The van der Waals surface area contributed by atoms with E-state index < -0.39 is 18.1 Å². The first kappa shape index (κ1) is 36.9. The van der Waals surface area contributed by atoms with E-state index in [1.54, 1.807) is 0 Å². The Kier molecular flexibility index (Phi) is 9.47. The summed E-state index contributed by atoms with van der Waals surface area (Å²) in [6.45, 7) is 26.6. The van der Waals surface area contributed by atoms with E-state index >= 15 is 0 Å². The Morgan fingerprint density at radius 1 is 0.920 bits per heavy atom. The molecule has 0 aromatic heterocycles. The van der Waals surface area contributed by atoms with E-state index in [0.717, 1.165) is 24.8 Å². The van der Waals surface area contributed by atoms with Crippen LogP contribution in [0.5, 0.6) is 0 Å². The van der Waals surface area contributed by atoms with E-state index in [0.29, 0.717) is 53.8 Å². The molecule has 5 fully saturated rings. The molecule has 5 heteroatoms. The van der Waals surface area contributed by atoms with Crippen molar-refractivity contribution >= 4 is 5.97 Å². The predicted octanol–water partition coefficient (Wildman–Crippen LogP) is 10.4. The van der Waals surface area contributed by atoms with Crippen molar-refractivity contribution in [1.82, 2.24) is 10.2 Å². The van der Waals surface area contributed by atoms with Gasteiger partial charge in [-0.1, -0.05) is 65.8 Å². The number of nitrogens with zero attached hydrogens (tertiary/aromatic N) is 1. The van der Waals surface area contributed by atoms with Gasteiger partial charge >= 0.3 is 5.97 Å². The Morgan fingerprint density at radius 3 is 2.30 bits per heavy atom. The van der Waals surface area contributed by atoms with Crippen LogP contribution >= 0.6 is 0 Å². The smallest absolute Gasteiger partial charge is 0.312 e. The third-order valence-electron chi connectivity index (χ3n) is 18.1. The molecule has 7 aliphatic rings. The minimum Gasteiger partial charge on any atom is -0.481 e. The van der Waals surface area contributed by atoms with Crippen molar-refractivity contribution in [2.24, 2.45) is 62.6 Å². The maximum Gasteiger partial charge on any atom is 0.312 e. The van der Waals surface area contributed by atoms with Crippen LogP contribution in [0.4, 0.5) is 4.39 Å². The second kappa shape index (κ2) is 12.8. The van der Waals surface area contributed by atoms with E-state index in [1.807, 2.05) is 0 Å². The van der Waals surface area contributed by atoms with E-state index in [-0.39, 0.29) is 16.4 Å². The zero-order valence-corrected chi connectivity index (χ0v) is 32.9. The first-order valence-corrected chi connectivity index (χ1v) is 20.9. The third-order valence-corrected chi connectivity index (χ3v) is 18.1. The van der Waals surface area contributed by atoms with Gasteiger partial charge in [0.1, 0.15) is 6.67 Å². The number of carboxylic acid groups (broad SMARTS) is 1. The lowest BCUT2D eigenvalue weighted by molar-refractivity contribution is -0.221. The van der Waals surface area contributed by atoms with Crippen LogP contribution in [0.25, 0.3) is 0 Å². The van der Waals surface area contributed by atoms with Crippen LogP contribution in [0.1, 0.15) is 138 Å². The van der Waals surface area contributed by atoms with Crippen LogP contribution in [0.3, 0.4) is 0 Å². The summed E-state index contributed by atoms with van der Waals surface area (Å²) >= 11 is 0. The van der Waals surface area contributed by atoms with Gasteiger partial charge in [-0.25, -0.2) is 4.39 Å². The SMILES string of the molecule is C=C(C)[C@@H]1CC[C@]2(NCCN3CCC(C)CC3)CC[C@]3(C)[C@H](CC[C@@H]4[C@@]5(C)CC=C(C6=CC[C@](CF)(C(=O)O)CC6)C(C)(C)[C@@H]5CC[C@]43C)[C@@H]12. The Balaban J connectivity index is 1.14. The molecule has 0 spiro atoms. The lowest BCUT2D eigenvalue weighted by atomic mass is 9.33. The fraction of sp³-hybridized carbons (Fsp3) is 0.844. The van der Waals surface area contributed by atoms with Gasteiger partial charge < -0.3 is 15.3 Å². The highest BCUT2D eigenvalue weighted by molar-refractivity contribution is 5.75. The number of rotatable bonds is 8. The molecule has 0 aromatic carbocycles. The second-order valence-electron chi connectivity index (χ2n) is 20.5. The number of halogens is 1. The minimum atomic E-state index is -1.24. The molecule has 0 bridgehead atoms. The molecule has 0 amide bonds. The van der Waals surface area contributed by atoms with Crippen LogP contribution in [0.2, 0.25) is 0 Å². The molecule has 4 nitrogen and oxygen atoms in total. The lowest BCUT2D eigenvalue weighted by Crippen LogP contribution is -2.68. The summed E-state index contributed by atoms with van der Waals surface area (Å²) in [5.41, 5.74) is 4.08. The summed E-state index contributed by atoms with van der Waals surface area (Å²) in [7, 11) is 0. The average molecular weight is 691 g/mol. The quantitative estimate of drug-likeness (QED) is 0.249. The van der Waals surface area contributed by atoms with Gasteiger partial charge in [-0.15, -0.1) is 0 Å².